The molecular formula is C18H22N4O2. The maximum absolute atomic E-state index is 6.23. The second kappa shape index (κ2) is 6.36. The lowest BCUT2D eigenvalue weighted by molar-refractivity contribution is 0.0236. The van der Waals surface area contributed by atoms with E-state index >= 15 is 0 Å². The molecule has 0 saturated carbocycles. The van der Waals surface area contributed by atoms with Gasteiger partial charge in [-0.2, -0.15) is 5.10 Å². The zero-order chi connectivity index (χ0) is 16.5. The van der Waals surface area contributed by atoms with E-state index in [9.17, 15) is 0 Å². The van der Waals surface area contributed by atoms with E-state index in [0.29, 0.717) is 12.4 Å². The van der Waals surface area contributed by atoms with Crippen molar-refractivity contribution in [3.63, 3.8) is 0 Å². The van der Waals surface area contributed by atoms with Gasteiger partial charge in [0.2, 0.25) is 5.88 Å². The second-order valence-electron chi connectivity index (χ2n) is 6.50. The Bertz CT molecular complexity index is 760. The highest BCUT2D eigenvalue weighted by atomic mass is 16.5. The topological polar surface area (TPSA) is 61.5 Å². The SMILES string of the molecule is CC(C)n1nccc1C1=NCc2ccnc(OC3CCOCC3)c21. The minimum absolute atomic E-state index is 0.162. The Labute approximate surface area is 141 Å². The molecule has 0 radical (unpaired) electrons. The summed E-state index contributed by atoms with van der Waals surface area (Å²) in [4.78, 5) is 9.26. The maximum atomic E-state index is 6.23. The molecule has 1 fully saturated rings. The van der Waals surface area contributed by atoms with Crippen LogP contribution in [0.1, 0.15) is 49.6 Å². The largest absolute Gasteiger partial charge is 0.474 e. The number of ether oxygens (including phenoxy) is 2. The summed E-state index contributed by atoms with van der Waals surface area (Å²) in [5.41, 5.74) is 4.14. The van der Waals surface area contributed by atoms with Crippen LogP contribution in [0.2, 0.25) is 0 Å². The lowest BCUT2D eigenvalue weighted by Crippen LogP contribution is -2.27. The summed E-state index contributed by atoms with van der Waals surface area (Å²) in [6, 6.07) is 4.32. The second-order valence-corrected chi connectivity index (χ2v) is 6.50. The molecule has 0 spiro atoms. The fourth-order valence-corrected chi connectivity index (χ4v) is 3.27. The van der Waals surface area contributed by atoms with Crippen molar-refractivity contribution >= 4 is 5.71 Å². The Hall–Kier alpha value is -2.21. The Kier molecular flexibility index (Phi) is 4.06. The van der Waals surface area contributed by atoms with Gasteiger partial charge in [-0.25, -0.2) is 4.98 Å². The van der Waals surface area contributed by atoms with Crippen molar-refractivity contribution in [3.05, 3.63) is 41.3 Å². The number of fused-ring (bicyclic) bond motifs is 1. The summed E-state index contributed by atoms with van der Waals surface area (Å²) in [5, 5.41) is 4.44. The van der Waals surface area contributed by atoms with E-state index in [1.807, 2.05) is 29.2 Å². The molecule has 2 aliphatic rings. The standard InChI is InChI=1S/C18H22N4O2/c1-12(2)22-15(4-8-21-22)17-16-13(11-20-17)3-7-19-18(16)24-14-5-9-23-10-6-14/h3-4,7-8,12,14H,5-6,9-11H2,1-2H3. The summed E-state index contributed by atoms with van der Waals surface area (Å²) in [7, 11) is 0. The van der Waals surface area contributed by atoms with Gasteiger partial charge in [-0.15, -0.1) is 0 Å². The third-order valence-corrected chi connectivity index (χ3v) is 4.50. The average Bonchev–Trinajstić information content (AvgIpc) is 3.22. The van der Waals surface area contributed by atoms with Crippen molar-refractivity contribution in [2.45, 2.75) is 45.4 Å². The lowest BCUT2D eigenvalue weighted by atomic mass is 10.1. The van der Waals surface area contributed by atoms with E-state index in [2.05, 4.69) is 23.9 Å². The number of rotatable bonds is 4. The number of hydrogen-bond donors (Lipinski definition) is 0. The highest BCUT2D eigenvalue weighted by Gasteiger charge is 2.27. The first kappa shape index (κ1) is 15.3. The summed E-state index contributed by atoms with van der Waals surface area (Å²) >= 11 is 0. The molecule has 4 heterocycles. The molecular weight excluding hydrogens is 304 g/mol. The molecule has 4 rings (SSSR count). The van der Waals surface area contributed by atoms with Crippen LogP contribution in [0.4, 0.5) is 0 Å². The van der Waals surface area contributed by atoms with Crippen molar-refractivity contribution in [2.75, 3.05) is 13.2 Å². The third kappa shape index (κ3) is 2.71. The van der Waals surface area contributed by atoms with Crippen molar-refractivity contribution in [3.8, 4) is 5.88 Å². The highest BCUT2D eigenvalue weighted by molar-refractivity contribution is 6.15. The first-order valence-corrected chi connectivity index (χ1v) is 8.55. The normalized spacial score (nSPS) is 17.9. The van der Waals surface area contributed by atoms with Gasteiger partial charge in [0.15, 0.2) is 0 Å². The zero-order valence-electron chi connectivity index (χ0n) is 14.1. The highest BCUT2D eigenvalue weighted by Crippen LogP contribution is 2.31. The number of pyridine rings is 1. The third-order valence-electron chi connectivity index (χ3n) is 4.50. The van der Waals surface area contributed by atoms with E-state index in [1.165, 1.54) is 5.56 Å². The van der Waals surface area contributed by atoms with E-state index in [1.54, 1.807) is 0 Å². The van der Waals surface area contributed by atoms with Gasteiger partial charge in [0.05, 0.1) is 36.7 Å². The quantitative estimate of drug-likeness (QED) is 0.867. The molecule has 6 heteroatoms. The van der Waals surface area contributed by atoms with Gasteiger partial charge in [0, 0.05) is 31.3 Å². The van der Waals surface area contributed by atoms with E-state index in [-0.39, 0.29) is 12.1 Å². The smallest absolute Gasteiger partial charge is 0.223 e. The minimum atomic E-state index is 0.162. The molecule has 0 atom stereocenters. The van der Waals surface area contributed by atoms with Gasteiger partial charge < -0.3 is 9.47 Å². The number of aromatic nitrogens is 3. The first-order valence-electron chi connectivity index (χ1n) is 8.55. The maximum Gasteiger partial charge on any atom is 0.223 e. The Balaban J connectivity index is 1.69. The van der Waals surface area contributed by atoms with E-state index in [4.69, 9.17) is 14.5 Å². The van der Waals surface area contributed by atoms with Gasteiger partial charge in [-0.05, 0) is 31.5 Å². The molecule has 2 aliphatic heterocycles. The van der Waals surface area contributed by atoms with Gasteiger partial charge in [-0.1, -0.05) is 0 Å². The molecule has 0 bridgehead atoms. The van der Waals surface area contributed by atoms with Gasteiger partial charge >= 0.3 is 0 Å². The molecule has 24 heavy (non-hydrogen) atoms. The van der Waals surface area contributed by atoms with Crippen molar-refractivity contribution in [2.24, 2.45) is 4.99 Å². The van der Waals surface area contributed by atoms with Crippen LogP contribution in [0.25, 0.3) is 0 Å². The molecule has 1 saturated heterocycles. The average molecular weight is 326 g/mol. The van der Waals surface area contributed by atoms with Crippen molar-refractivity contribution in [1.82, 2.24) is 14.8 Å². The summed E-state index contributed by atoms with van der Waals surface area (Å²) in [6.07, 6.45) is 5.61. The van der Waals surface area contributed by atoms with Crippen molar-refractivity contribution < 1.29 is 9.47 Å². The van der Waals surface area contributed by atoms with Gasteiger partial charge in [-0.3, -0.25) is 9.67 Å². The molecule has 6 nitrogen and oxygen atoms in total. The van der Waals surface area contributed by atoms with Crippen LogP contribution in [0, 0.1) is 0 Å². The monoisotopic (exact) mass is 326 g/mol. The molecule has 2 aromatic heterocycles. The first-order chi connectivity index (χ1) is 11.7. The number of aliphatic imine (C=N–C) groups is 1. The van der Waals surface area contributed by atoms with E-state index in [0.717, 1.165) is 43.0 Å². The predicted molar refractivity (Wildman–Crippen MR) is 90.7 cm³/mol. The Morgan fingerprint density at radius 1 is 1.21 bits per heavy atom. The molecule has 2 aromatic rings. The molecule has 126 valence electrons. The predicted octanol–water partition coefficient (Wildman–Crippen LogP) is 2.77. The van der Waals surface area contributed by atoms with Crippen LogP contribution in [0.5, 0.6) is 5.88 Å². The zero-order valence-corrected chi connectivity index (χ0v) is 14.1. The summed E-state index contributed by atoms with van der Waals surface area (Å²) in [5.74, 6) is 0.687. The molecule has 0 amide bonds. The fourth-order valence-electron chi connectivity index (χ4n) is 3.27. The Morgan fingerprint density at radius 3 is 2.83 bits per heavy atom. The van der Waals surface area contributed by atoms with Crippen LogP contribution >= 0.6 is 0 Å². The number of nitrogens with zero attached hydrogens (tertiary/aromatic N) is 4. The number of hydrogen-bond acceptors (Lipinski definition) is 5. The molecule has 0 aliphatic carbocycles. The van der Waals surface area contributed by atoms with Crippen molar-refractivity contribution in [1.29, 1.82) is 0 Å². The molecule has 0 aromatic carbocycles. The van der Waals surface area contributed by atoms with Crippen LogP contribution in [0.3, 0.4) is 0 Å². The van der Waals surface area contributed by atoms with Crippen LogP contribution in [0.15, 0.2) is 29.5 Å². The minimum Gasteiger partial charge on any atom is -0.474 e. The summed E-state index contributed by atoms with van der Waals surface area (Å²) in [6.45, 7) is 6.41. The van der Waals surface area contributed by atoms with Crippen LogP contribution in [-0.4, -0.2) is 39.8 Å². The van der Waals surface area contributed by atoms with Crippen LogP contribution < -0.4 is 4.74 Å². The van der Waals surface area contributed by atoms with Gasteiger partial charge in [0.25, 0.3) is 0 Å². The molecule has 0 unspecified atom stereocenters. The Morgan fingerprint density at radius 2 is 2.04 bits per heavy atom. The van der Waals surface area contributed by atoms with E-state index < -0.39 is 0 Å². The molecule has 0 N–H and O–H groups in total. The summed E-state index contributed by atoms with van der Waals surface area (Å²) < 4.78 is 13.6. The lowest BCUT2D eigenvalue weighted by Gasteiger charge is -2.24. The fraction of sp³-hybridized carbons (Fsp3) is 0.500. The van der Waals surface area contributed by atoms with Gasteiger partial charge in [0.1, 0.15) is 6.10 Å². The van der Waals surface area contributed by atoms with Crippen LogP contribution in [-0.2, 0) is 11.3 Å².